The molecule has 0 saturated heterocycles. The van der Waals surface area contributed by atoms with E-state index in [1.54, 1.807) is 0 Å². The molecule has 17 aromatic rings. The Morgan fingerprint density at radius 1 is 0.188 bits per heavy atom. The van der Waals surface area contributed by atoms with Gasteiger partial charge in [-0.25, -0.2) is 154 Å². The summed E-state index contributed by atoms with van der Waals surface area (Å²) in [5.74, 6) is -113. The summed E-state index contributed by atoms with van der Waals surface area (Å²) in [6.07, 6.45) is -13.8. The van der Waals surface area contributed by atoms with E-state index in [0.717, 1.165) is 33.2 Å². The largest absolute Gasteiger partial charge is 0.357 e. The molecule has 0 amide bonds. The second-order valence-corrected chi connectivity index (χ2v) is 37.8. The highest BCUT2D eigenvalue weighted by Gasteiger charge is 2.55. The molecule has 2 aromatic heterocycles. The number of fused-ring (bicyclic) bond motifs is 3. The number of benzene rings is 15. The lowest BCUT2D eigenvalue weighted by molar-refractivity contribution is -0.597. The van der Waals surface area contributed by atoms with Crippen LogP contribution in [0.15, 0.2) is 239 Å². The fourth-order valence-electron chi connectivity index (χ4n) is 17.0. The van der Waals surface area contributed by atoms with Crippen LogP contribution in [0.3, 0.4) is 0 Å². The number of rotatable bonds is 19. The Morgan fingerprint density at radius 3 is 0.483 bits per heavy atom. The number of hydrogen-bond acceptors (Lipinski definition) is 2. The Kier molecular flexibility index (Phi) is 33.8. The maximum Gasteiger partial charge on any atom is 0.357 e. The van der Waals surface area contributed by atoms with Gasteiger partial charge in [0.25, 0.3) is 0 Å². The Morgan fingerprint density at radius 2 is 0.329 bits per heavy atom. The molecule has 762 valence electrons. The molecule has 0 unspecified atom stereocenters. The van der Waals surface area contributed by atoms with Crippen molar-refractivity contribution in [2.75, 3.05) is 0 Å². The first kappa shape index (κ1) is 111. The molecule has 0 aliphatic rings. The van der Waals surface area contributed by atoms with Crippen LogP contribution in [0, 0.1) is 232 Å². The molecule has 0 aliphatic heterocycles. The molecule has 0 spiro atoms. The van der Waals surface area contributed by atoms with E-state index < -0.39 is 287 Å². The van der Waals surface area contributed by atoms with Gasteiger partial charge in [0.05, 0.1) is 38.9 Å². The summed E-state index contributed by atoms with van der Waals surface area (Å²) in [6.45, 7) is 18.1. The molecule has 0 saturated carbocycles. The number of aryl methyl sites for hydroxylation is 2. The van der Waals surface area contributed by atoms with Crippen LogP contribution >= 0.6 is 0 Å². The van der Waals surface area contributed by atoms with Crippen molar-refractivity contribution in [3.8, 4) is 22.3 Å². The third kappa shape index (κ3) is 19.7. The second-order valence-electron chi connectivity index (χ2n) is 31.7. The Hall–Kier alpha value is -15.0. The van der Waals surface area contributed by atoms with Gasteiger partial charge in [-0.1, -0.05) is 209 Å². The van der Waals surface area contributed by atoms with Gasteiger partial charge in [-0.05, 0) is 96.8 Å². The summed E-state index contributed by atoms with van der Waals surface area (Å²) in [4.78, 5) is 9.81. The third-order valence-electron chi connectivity index (χ3n) is 23.4. The van der Waals surface area contributed by atoms with E-state index in [0.29, 0.717) is 0 Å². The molecule has 0 N–H and O–H groups in total. The zero-order chi connectivity index (χ0) is 109. The number of nitrogens with zero attached hydrogens (tertiary/aromatic N) is 2. The van der Waals surface area contributed by atoms with Crippen molar-refractivity contribution in [3.05, 3.63) is 496 Å². The van der Waals surface area contributed by atoms with Crippen LogP contribution in [-0.4, -0.2) is 22.3 Å². The maximum absolute atomic E-state index is 16.1. The van der Waals surface area contributed by atoms with Crippen LogP contribution in [0.4, 0.5) is 154 Å². The molecule has 0 fully saturated rings. The smallest absolute Gasteiger partial charge is 0.251 e. The molecular formula is C108H55B2F35I2N2. The molecular weight excluding hydrogens is 2270 g/mol. The van der Waals surface area contributed by atoms with Crippen molar-refractivity contribution in [2.45, 2.75) is 13.8 Å². The van der Waals surface area contributed by atoms with Gasteiger partial charge in [0.1, 0.15) is 105 Å². The number of aromatic nitrogens is 2. The molecule has 2 nitrogen and oxygen atoms in total. The average Bonchev–Trinajstić information content (AvgIpc) is 0.697. The second kappa shape index (κ2) is 45.3. The van der Waals surface area contributed by atoms with Gasteiger partial charge in [-0.15, -0.1) is 43.7 Å². The standard InChI is InChI=1S/C32H12BF16.C26H3BF19.C26H20N2.2C12H10I/c1-5-9-17(34)25(42)13(26(43)18(9)35)33(14-27(44)19(36)10(6-2)20(37)28(14)45,15-29(46)21(38)11(7-3)22(39)30(15)47)16-31(48)23(40)12(8-4)24(41)32(16)49;1-2-3-8(28)10(30)4(11(31)9(3)29)27(5-12(32)18(38)24(44)19(39)13(5)33,6-14(34)20(40)25(45)21(41)15(6)35)7-16(36)22(42)26(46)23(43)17(7)37;1-17-15-23(19-9-5-3-6-10-19)21-13-14-22-24(20-11-7-4-8-12-20)16-18(2)28-26(22)25(21)27-17;2*1-3-7-11(8-4-1)13-12-9-5-2-6-10-12/h5-8H,1-4H2;2H,1H2;3-16H,1-2H3;2*1-10H/q2*-1;;2*+1. The zero-order valence-corrected chi connectivity index (χ0v) is 79.4. The fourth-order valence-corrected chi connectivity index (χ4v) is 21.5. The lowest BCUT2D eigenvalue weighted by Gasteiger charge is -2.45. The monoisotopic (exact) mass is 2320 g/mol. The fraction of sp³-hybridized carbons (Fsp3) is 0.0185. The van der Waals surface area contributed by atoms with Crippen molar-refractivity contribution in [2.24, 2.45) is 0 Å². The Bertz CT molecular complexity index is 7300. The van der Waals surface area contributed by atoms with E-state index in [2.05, 4.69) is 241 Å². The van der Waals surface area contributed by atoms with Gasteiger partial charge in [0.15, 0.2) is 125 Å². The maximum atomic E-state index is 16.1. The van der Waals surface area contributed by atoms with Crippen LogP contribution in [-0.2, 0) is 0 Å². The highest BCUT2D eigenvalue weighted by Crippen LogP contribution is 2.40. The number of pyridine rings is 2. The minimum Gasteiger partial charge on any atom is -0.251 e. The van der Waals surface area contributed by atoms with Crippen molar-refractivity contribution < 1.29 is 196 Å². The lowest BCUT2D eigenvalue weighted by atomic mass is 9.12. The first-order chi connectivity index (χ1) is 70.7. The minimum atomic E-state index is -7.09. The Labute approximate surface area is 841 Å². The van der Waals surface area contributed by atoms with Gasteiger partial charge in [-0.3, -0.25) is 9.97 Å². The topological polar surface area (TPSA) is 25.8 Å². The molecule has 41 heteroatoms. The molecule has 0 atom stereocenters. The quantitative estimate of drug-likeness (QED) is 0.0201. The van der Waals surface area contributed by atoms with Crippen LogP contribution in [0.5, 0.6) is 0 Å². The SMILES string of the molecule is C=Cc1c(F)c(F)c([B-](c2c(F)c(F)c(C=C)c(F)c2F)(c2c(F)c(F)c(C=C)c(F)c2F)c2c(F)c(F)c(C=C)c(F)c2F)c(F)c1F.C=Cc1c(F)c(F)c([B-](c2c(F)c(F)c(F)c(F)c2F)(c2c(F)c(F)c(F)c(F)c2F)c2c(F)c(F)c(F)c(F)c2F)c(F)c1F.Cc1cc(-c2ccccc2)c2ccc3c(-c4ccccc4)cc(C)nc3c2n1.c1ccc([I+]c2ccccc2)cc1.c1ccc([I+]c2ccccc2)cc1. The molecule has 0 radical (unpaired) electrons. The van der Waals surface area contributed by atoms with Crippen molar-refractivity contribution in [1.82, 2.24) is 9.97 Å². The molecule has 149 heavy (non-hydrogen) atoms. The van der Waals surface area contributed by atoms with Gasteiger partial charge >= 0.3 is 42.4 Å². The van der Waals surface area contributed by atoms with Crippen molar-refractivity contribution in [1.29, 1.82) is 0 Å². The molecule has 0 bridgehead atoms. The Balaban J connectivity index is 0.000000169. The normalized spacial score (nSPS) is 11.3. The highest BCUT2D eigenvalue weighted by atomic mass is 127. The number of hydrogen-bond donors (Lipinski definition) is 0. The first-order valence-corrected chi connectivity index (χ1v) is 46.7. The lowest BCUT2D eigenvalue weighted by Crippen LogP contribution is -3.61. The predicted molar refractivity (Wildman–Crippen MR) is 487 cm³/mol. The van der Waals surface area contributed by atoms with E-state index in [1.807, 2.05) is 12.1 Å². The van der Waals surface area contributed by atoms with Crippen LogP contribution in [0.2, 0.25) is 0 Å². The summed E-state index contributed by atoms with van der Waals surface area (Å²) < 4.78 is 541. The van der Waals surface area contributed by atoms with Crippen LogP contribution in [0.1, 0.15) is 39.2 Å². The zero-order valence-electron chi connectivity index (χ0n) is 75.1. The summed E-state index contributed by atoms with van der Waals surface area (Å²) in [5, 5.41) is 2.28. The molecule has 0 aliphatic carbocycles. The highest BCUT2D eigenvalue weighted by molar-refractivity contribution is 7.21. The van der Waals surface area contributed by atoms with Crippen LogP contribution < -0.4 is 86.1 Å². The van der Waals surface area contributed by atoms with E-state index in [9.17, 15) is 39.5 Å². The van der Waals surface area contributed by atoms with E-state index in [-0.39, 0.29) is 72.8 Å². The van der Waals surface area contributed by atoms with Gasteiger partial charge < -0.3 is 0 Å². The average molecular weight is 2320 g/mol. The summed E-state index contributed by atoms with van der Waals surface area (Å²) >= 11 is 0.0574. The predicted octanol–water partition coefficient (Wildman–Crippen LogP) is 20.6. The summed E-state index contributed by atoms with van der Waals surface area (Å²) in [6, 6.07) is 72.5. The van der Waals surface area contributed by atoms with Crippen molar-refractivity contribution in [3.63, 3.8) is 0 Å². The van der Waals surface area contributed by atoms with Crippen LogP contribution in [0.25, 0.3) is 74.4 Å². The van der Waals surface area contributed by atoms with Gasteiger partial charge in [0, 0.05) is 22.2 Å². The minimum absolute atomic E-state index is 0.0213. The van der Waals surface area contributed by atoms with Crippen molar-refractivity contribution >= 4 is 108 Å². The van der Waals surface area contributed by atoms with Gasteiger partial charge in [-0.2, -0.15) is 0 Å². The third-order valence-corrected chi connectivity index (χ3v) is 28.8. The number of halogens is 37. The van der Waals surface area contributed by atoms with E-state index in [4.69, 9.17) is 9.97 Å². The van der Waals surface area contributed by atoms with E-state index in [1.165, 1.54) is 36.5 Å². The van der Waals surface area contributed by atoms with Gasteiger partial charge in [0.2, 0.25) is 0 Å². The summed E-state index contributed by atoms with van der Waals surface area (Å²) in [5.41, 5.74) is -26.7. The molecule has 17 rings (SSSR count). The first-order valence-electron chi connectivity index (χ1n) is 42.3. The van der Waals surface area contributed by atoms with E-state index >= 15 is 114 Å². The molecule has 2 heterocycles. The molecule has 15 aromatic carbocycles. The summed E-state index contributed by atoms with van der Waals surface area (Å²) in [7, 11) is 0.